The van der Waals surface area contributed by atoms with E-state index < -0.39 is 37.3 Å². The Kier molecular flexibility index (Phi) is 4.20. The van der Waals surface area contributed by atoms with E-state index in [4.69, 9.17) is 15.6 Å². The van der Waals surface area contributed by atoms with Crippen LogP contribution in [0.4, 0.5) is 0 Å². The molecule has 1 rings (SSSR count). The van der Waals surface area contributed by atoms with Gasteiger partial charge in [0.05, 0.1) is 6.61 Å². The maximum atomic E-state index is 9.48. The minimum Gasteiger partial charge on any atom is -0.394 e. The van der Waals surface area contributed by atoms with Gasteiger partial charge in [0.1, 0.15) is 24.4 Å². The van der Waals surface area contributed by atoms with Gasteiger partial charge in [0, 0.05) is 0 Å². The zero-order valence-electron chi connectivity index (χ0n) is 7.78. The fourth-order valence-electron chi connectivity index (χ4n) is 1.36. The highest BCUT2D eigenvalue weighted by Crippen LogP contribution is 2.19. The summed E-state index contributed by atoms with van der Waals surface area (Å²) >= 11 is 4.54. The highest BCUT2D eigenvalue weighted by molar-refractivity contribution is 7.80. The van der Waals surface area contributed by atoms with Gasteiger partial charge >= 0.3 is 0 Å². The molecule has 7 nitrogen and oxygen atoms in total. The van der Waals surface area contributed by atoms with E-state index in [1.54, 1.807) is 0 Å². The molecule has 0 aromatic heterocycles. The summed E-state index contributed by atoms with van der Waals surface area (Å²) in [7, 11) is 0. The normalized spacial score (nSPS) is 41.2. The fraction of sp³-hybridized carbons (Fsp3) is 0.857. The molecule has 7 N–H and O–H groups in total. The quantitative estimate of drug-likeness (QED) is 0.275. The molecule has 88 valence electrons. The van der Waals surface area contributed by atoms with E-state index in [-0.39, 0.29) is 5.11 Å². The Bertz CT molecular complexity index is 239. The molecule has 1 aliphatic heterocycles. The molecule has 8 heteroatoms. The van der Waals surface area contributed by atoms with Crippen LogP contribution in [0.5, 0.6) is 0 Å². The van der Waals surface area contributed by atoms with Crippen LogP contribution in [0.1, 0.15) is 0 Å². The Labute approximate surface area is 91.5 Å². The monoisotopic (exact) mass is 238 g/mol. The molecule has 0 aromatic rings. The lowest BCUT2D eigenvalue weighted by Crippen LogP contribution is -2.63. The Morgan fingerprint density at radius 3 is 2.33 bits per heavy atom. The number of nitrogens with one attached hydrogen (secondary N) is 1. The van der Waals surface area contributed by atoms with Gasteiger partial charge in [-0.05, 0) is 12.2 Å². The second-order valence-corrected chi connectivity index (χ2v) is 3.70. The summed E-state index contributed by atoms with van der Waals surface area (Å²) < 4.78 is 5.05. The lowest BCUT2D eigenvalue weighted by Gasteiger charge is -2.40. The number of rotatable bonds is 2. The van der Waals surface area contributed by atoms with Gasteiger partial charge in [-0.25, -0.2) is 0 Å². The molecule has 0 aromatic carbocycles. The van der Waals surface area contributed by atoms with E-state index >= 15 is 0 Å². The molecule has 1 aliphatic rings. The van der Waals surface area contributed by atoms with Crippen LogP contribution in [0.3, 0.4) is 0 Å². The van der Waals surface area contributed by atoms with Gasteiger partial charge in [-0.3, -0.25) is 0 Å². The number of aliphatic hydroxyl groups is 4. The molecule has 2 unspecified atom stereocenters. The molecular weight excluding hydrogens is 224 g/mol. The summed E-state index contributed by atoms with van der Waals surface area (Å²) in [6.07, 6.45) is -6.19. The zero-order valence-corrected chi connectivity index (χ0v) is 8.59. The SMILES string of the molecule is NC(=S)NC1OC(CO)[C@H](O)[C@@H](O)[C@@H]1O. The van der Waals surface area contributed by atoms with Gasteiger partial charge in [0.2, 0.25) is 0 Å². The van der Waals surface area contributed by atoms with Gasteiger partial charge < -0.3 is 36.2 Å². The molecular formula is C7H14N2O5S. The molecule has 5 atom stereocenters. The first-order valence-corrected chi connectivity index (χ1v) is 4.74. The van der Waals surface area contributed by atoms with Crippen molar-refractivity contribution >= 4 is 17.3 Å². The first-order chi connectivity index (χ1) is 6.97. The van der Waals surface area contributed by atoms with E-state index in [9.17, 15) is 15.3 Å². The Morgan fingerprint density at radius 1 is 1.27 bits per heavy atom. The first kappa shape index (κ1) is 12.6. The number of thiocarbonyl (C=S) groups is 1. The zero-order chi connectivity index (χ0) is 11.6. The molecule has 0 radical (unpaired) electrons. The third kappa shape index (κ3) is 2.74. The standard InChI is InChI=1S/C7H14N2O5S/c8-7(15)9-6-5(13)4(12)3(11)2(1-10)14-6/h2-6,10-13H,1H2,(H3,8,9,15)/t2?,3-,4+,5-,6?/m0/s1. The van der Waals surface area contributed by atoms with Gasteiger partial charge in [-0.15, -0.1) is 0 Å². The van der Waals surface area contributed by atoms with Crippen LogP contribution in [-0.4, -0.2) is 62.8 Å². The van der Waals surface area contributed by atoms with Crippen LogP contribution in [0.25, 0.3) is 0 Å². The third-order valence-corrected chi connectivity index (χ3v) is 2.29. The Balaban J connectivity index is 2.69. The van der Waals surface area contributed by atoms with Gasteiger partial charge in [-0.2, -0.15) is 0 Å². The van der Waals surface area contributed by atoms with Gasteiger partial charge in [0.15, 0.2) is 11.3 Å². The highest BCUT2D eigenvalue weighted by Gasteiger charge is 2.43. The van der Waals surface area contributed by atoms with Crippen LogP contribution in [0, 0.1) is 0 Å². The third-order valence-electron chi connectivity index (χ3n) is 2.18. The summed E-state index contributed by atoms with van der Waals surface area (Å²) in [4.78, 5) is 0. The van der Waals surface area contributed by atoms with Gasteiger partial charge in [-0.1, -0.05) is 0 Å². The Hall–Kier alpha value is -0.510. The van der Waals surface area contributed by atoms with E-state index in [0.717, 1.165) is 0 Å². The number of hydrogen-bond acceptors (Lipinski definition) is 6. The summed E-state index contributed by atoms with van der Waals surface area (Å²) in [5, 5.41) is 39.4. The topological polar surface area (TPSA) is 128 Å². The first-order valence-electron chi connectivity index (χ1n) is 4.34. The van der Waals surface area contributed by atoms with Crippen LogP contribution in [0.2, 0.25) is 0 Å². The van der Waals surface area contributed by atoms with E-state index in [0.29, 0.717) is 0 Å². The summed E-state index contributed by atoms with van der Waals surface area (Å²) in [6, 6.07) is 0. The molecule has 0 spiro atoms. The molecule has 15 heavy (non-hydrogen) atoms. The lowest BCUT2D eigenvalue weighted by atomic mass is 9.98. The van der Waals surface area contributed by atoms with Crippen molar-refractivity contribution in [3.63, 3.8) is 0 Å². The summed E-state index contributed by atoms with van der Waals surface area (Å²) in [6.45, 7) is -0.486. The van der Waals surface area contributed by atoms with Crippen molar-refractivity contribution in [2.24, 2.45) is 5.73 Å². The minimum absolute atomic E-state index is 0.112. The average Bonchev–Trinajstić information content (AvgIpc) is 2.18. The predicted molar refractivity (Wildman–Crippen MR) is 53.7 cm³/mol. The van der Waals surface area contributed by atoms with Crippen molar-refractivity contribution in [1.82, 2.24) is 5.32 Å². The van der Waals surface area contributed by atoms with Crippen LogP contribution in [-0.2, 0) is 4.74 Å². The maximum absolute atomic E-state index is 9.48. The van der Waals surface area contributed by atoms with E-state index in [2.05, 4.69) is 17.5 Å². The number of ether oxygens (including phenoxy) is 1. The molecule has 0 amide bonds. The smallest absolute Gasteiger partial charge is 0.165 e. The lowest BCUT2D eigenvalue weighted by molar-refractivity contribution is -0.232. The largest absolute Gasteiger partial charge is 0.394 e. The Morgan fingerprint density at radius 2 is 1.87 bits per heavy atom. The molecule has 0 saturated carbocycles. The van der Waals surface area contributed by atoms with Crippen molar-refractivity contribution in [1.29, 1.82) is 0 Å². The van der Waals surface area contributed by atoms with Crippen molar-refractivity contribution in [3.05, 3.63) is 0 Å². The van der Waals surface area contributed by atoms with E-state index in [1.807, 2.05) is 0 Å². The minimum atomic E-state index is -1.43. The maximum Gasteiger partial charge on any atom is 0.165 e. The van der Waals surface area contributed by atoms with Crippen LogP contribution >= 0.6 is 12.2 Å². The number of nitrogens with two attached hydrogens (primary N) is 1. The average molecular weight is 238 g/mol. The number of aliphatic hydroxyl groups excluding tert-OH is 4. The van der Waals surface area contributed by atoms with Crippen molar-refractivity contribution in [2.75, 3.05) is 6.61 Å². The number of hydrogen-bond donors (Lipinski definition) is 6. The van der Waals surface area contributed by atoms with Gasteiger partial charge in [0.25, 0.3) is 0 Å². The molecule has 1 fully saturated rings. The second-order valence-electron chi connectivity index (χ2n) is 3.26. The fourth-order valence-corrected chi connectivity index (χ4v) is 1.48. The van der Waals surface area contributed by atoms with E-state index in [1.165, 1.54) is 0 Å². The van der Waals surface area contributed by atoms with Crippen LogP contribution < -0.4 is 11.1 Å². The predicted octanol–water partition coefficient (Wildman–Crippen LogP) is -3.38. The molecule has 1 heterocycles. The molecule has 0 aliphatic carbocycles. The van der Waals surface area contributed by atoms with Crippen LogP contribution in [0.15, 0.2) is 0 Å². The van der Waals surface area contributed by atoms with Crippen molar-refractivity contribution < 1.29 is 25.2 Å². The van der Waals surface area contributed by atoms with Crippen molar-refractivity contribution in [2.45, 2.75) is 30.6 Å². The molecule has 0 bridgehead atoms. The molecule has 1 saturated heterocycles. The summed E-state index contributed by atoms with van der Waals surface area (Å²) in [5.41, 5.74) is 5.18. The van der Waals surface area contributed by atoms with Crippen molar-refractivity contribution in [3.8, 4) is 0 Å². The second kappa shape index (κ2) is 5.01. The highest BCUT2D eigenvalue weighted by atomic mass is 32.1. The summed E-state index contributed by atoms with van der Waals surface area (Å²) in [5.74, 6) is 0.